The van der Waals surface area contributed by atoms with E-state index in [0.29, 0.717) is 18.1 Å². The fraction of sp³-hybridized carbons (Fsp3) is 0.435. The highest BCUT2D eigenvalue weighted by molar-refractivity contribution is 6.02. The van der Waals surface area contributed by atoms with Crippen LogP contribution >= 0.6 is 0 Å². The van der Waals surface area contributed by atoms with Gasteiger partial charge in [-0.1, -0.05) is 36.8 Å². The molecule has 148 valence electrons. The van der Waals surface area contributed by atoms with Crippen LogP contribution in [0.25, 0.3) is 0 Å². The summed E-state index contributed by atoms with van der Waals surface area (Å²) in [6.07, 6.45) is 4.73. The van der Waals surface area contributed by atoms with Crippen LogP contribution in [0.5, 0.6) is 17.2 Å². The highest BCUT2D eigenvalue weighted by Crippen LogP contribution is 2.41. The average Bonchev–Trinajstić information content (AvgIpc) is 2.72. The third kappa shape index (κ3) is 4.30. The van der Waals surface area contributed by atoms with E-state index in [1.165, 1.54) is 38.4 Å². The number of benzene rings is 2. The number of likely N-dealkylation sites (tertiary alicyclic amines) is 1. The van der Waals surface area contributed by atoms with Gasteiger partial charge in [0.05, 0.1) is 13.0 Å². The molecule has 1 fully saturated rings. The zero-order valence-electron chi connectivity index (χ0n) is 16.1. The lowest BCUT2D eigenvalue weighted by Crippen LogP contribution is -2.31. The molecular formula is C23H27NO4. The second-order valence-electron chi connectivity index (χ2n) is 7.56. The number of phenolic OH excluding ortho intramolecular Hbond substituents is 1. The molecule has 28 heavy (non-hydrogen) atoms. The molecule has 1 atom stereocenters. The fourth-order valence-electron chi connectivity index (χ4n) is 4.01. The Bertz CT molecular complexity index is 815. The van der Waals surface area contributed by atoms with Gasteiger partial charge in [-0.2, -0.15) is 0 Å². The molecule has 0 spiro atoms. The summed E-state index contributed by atoms with van der Waals surface area (Å²) in [5.41, 5.74) is 1.21. The maximum absolute atomic E-state index is 12.6. The number of nitrogens with zero attached hydrogens (tertiary/aromatic N) is 1. The maximum atomic E-state index is 12.6. The number of carbonyl (C=O) groups is 1. The molecule has 1 saturated heterocycles. The highest BCUT2D eigenvalue weighted by Gasteiger charge is 2.30. The van der Waals surface area contributed by atoms with Gasteiger partial charge in [0, 0.05) is 18.7 Å². The molecule has 2 aromatic carbocycles. The summed E-state index contributed by atoms with van der Waals surface area (Å²) in [6.45, 7) is 3.96. The minimum absolute atomic E-state index is 0.0694. The standard InChI is InChI=1S/C23H27NO4/c25-19-14-18(27-13-7-12-24-10-5-2-6-11-24)15-22-23(19)20(26)16-21(28-22)17-8-3-1-4-9-17/h1,3-4,8-9,14-15,21,25H,2,5-7,10-13,16H2. The summed E-state index contributed by atoms with van der Waals surface area (Å²) >= 11 is 0. The number of Topliss-reactive ketones (excluding diaryl/α,β-unsaturated/α-hetero) is 1. The molecular weight excluding hydrogens is 354 g/mol. The van der Waals surface area contributed by atoms with E-state index < -0.39 is 0 Å². The number of fused-ring (bicyclic) bond motifs is 1. The fourth-order valence-corrected chi connectivity index (χ4v) is 4.01. The predicted molar refractivity (Wildman–Crippen MR) is 107 cm³/mol. The van der Waals surface area contributed by atoms with Crippen LogP contribution in [0.2, 0.25) is 0 Å². The molecule has 0 radical (unpaired) electrons. The Kier molecular flexibility index (Phi) is 5.81. The second-order valence-corrected chi connectivity index (χ2v) is 7.56. The number of ketones is 1. The Hall–Kier alpha value is -2.53. The Morgan fingerprint density at radius 1 is 1.11 bits per heavy atom. The number of carbonyl (C=O) groups excluding carboxylic acids is 1. The van der Waals surface area contributed by atoms with E-state index in [1.807, 2.05) is 30.3 Å². The number of ether oxygens (including phenoxy) is 2. The Morgan fingerprint density at radius 2 is 1.89 bits per heavy atom. The Morgan fingerprint density at radius 3 is 2.68 bits per heavy atom. The SMILES string of the molecule is O=C1CC(c2ccccc2)Oc2cc(OCCCN3CCCCC3)cc(O)c21. The van der Waals surface area contributed by atoms with Gasteiger partial charge in [-0.15, -0.1) is 0 Å². The van der Waals surface area contributed by atoms with Crippen LogP contribution in [0.4, 0.5) is 0 Å². The first-order valence-corrected chi connectivity index (χ1v) is 10.2. The topological polar surface area (TPSA) is 59.0 Å². The van der Waals surface area contributed by atoms with Crippen LogP contribution in [-0.2, 0) is 0 Å². The molecule has 2 aliphatic heterocycles. The van der Waals surface area contributed by atoms with Crippen molar-refractivity contribution in [1.29, 1.82) is 0 Å². The van der Waals surface area contributed by atoms with Crippen molar-refractivity contribution >= 4 is 5.78 Å². The lowest BCUT2D eigenvalue weighted by Gasteiger charge is -2.27. The van der Waals surface area contributed by atoms with Gasteiger partial charge < -0.3 is 19.5 Å². The van der Waals surface area contributed by atoms with Gasteiger partial charge >= 0.3 is 0 Å². The number of aromatic hydroxyl groups is 1. The molecule has 1 unspecified atom stereocenters. The minimum Gasteiger partial charge on any atom is -0.507 e. The quantitative estimate of drug-likeness (QED) is 0.754. The molecule has 0 bridgehead atoms. The average molecular weight is 381 g/mol. The first-order chi connectivity index (χ1) is 13.7. The van der Waals surface area contributed by atoms with Crippen LogP contribution in [0.1, 0.15) is 54.1 Å². The van der Waals surface area contributed by atoms with E-state index in [0.717, 1.165) is 18.5 Å². The van der Waals surface area contributed by atoms with Crippen molar-refractivity contribution in [2.24, 2.45) is 0 Å². The molecule has 0 saturated carbocycles. The van der Waals surface area contributed by atoms with Crippen LogP contribution in [0.3, 0.4) is 0 Å². The van der Waals surface area contributed by atoms with Crippen LogP contribution in [0, 0.1) is 0 Å². The zero-order valence-corrected chi connectivity index (χ0v) is 16.1. The Balaban J connectivity index is 1.40. The number of rotatable bonds is 6. The normalized spacial score (nSPS) is 19.7. The molecule has 2 heterocycles. The summed E-state index contributed by atoms with van der Waals surface area (Å²) in [7, 11) is 0. The molecule has 2 aliphatic rings. The van der Waals surface area contributed by atoms with Gasteiger partial charge in [-0.25, -0.2) is 0 Å². The van der Waals surface area contributed by atoms with Crippen molar-refractivity contribution in [2.45, 2.75) is 38.2 Å². The van der Waals surface area contributed by atoms with Crippen molar-refractivity contribution in [3.63, 3.8) is 0 Å². The molecule has 4 rings (SSSR count). The van der Waals surface area contributed by atoms with Crippen LogP contribution < -0.4 is 9.47 Å². The highest BCUT2D eigenvalue weighted by atomic mass is 16.5. The van der Waals surface area contributed by atoms with Crippen LogP contribution in [-0.4, -0.2) is 42.0 Å². The van der Waals surface area contributed by atoms with E-state index in [1.54, 1.807) is 6.07 Å². The summed E-state index contributed by atoms with van der Waals surface area (Å²) in [6, 6.07) is 12.9. The molecule has 2 aromatic rings. The molecule has 1 N–H and O–H groups in total. The van der Waals surface area contributed by atoms with Gasteiger partial charge in [0.2, 0.25) is 0 Å². The first-order valence-electron chi connectivity index (χ1n) is 10.2. The third-order valence-corrected chi connectivity index (χ3v) is 5.48. The number of piperidine rings is 1. The number of phenols is 1. The summed E-state index contributed by atoms with van der Waals surface area (Å²) in [4.78, 5) is 15.0. The van der Waals surface area contributed by atoms with E-state index >= 15 is 0 Å². The summed E-state index contributed by atoms with van der Waals surface area (Å²) < 4.78 is 11.9. The molecule has 0 aromatic heterocycles. The second kappa shape index (κ2) is 8.65. The molecule has 5 nitrogen and oxygen atoms in total. The predicted octanol–water partition coefficient (Wildman–Crippen LogP) is 4.35. The Labute approximate surface area is 165 Å². The van der Waals surface area contributed by atoms with E-state index in [-0.39, 0.29) is 29.6 Å². The van der Waals surface area contributed by atoms with Crippen molar-refractivity contribution in [2.75, 3.05) is 26.2 Å². The third-order valence-electron chi connectivity index (χ3n) is 5.48. The summed E-state index contributed by atoms with van der Waals surface area (Å²) in [5.74, 6) is 0.761. The van der Waals surface area contributed by atoms with E-state index in [2.05, 4.69) is 4.90 Å². The smallest absolute Gasteiger partial charge is 0.174 e. The minimum atomic E-state index is -0.338. The van der Waals surface area contributed by atoms with Gasteiger partial charge in [0.25, 0.3) is 0 Å². The van der Waals surface area contributed by atoms with Crippen molar-refractivity contribution in [3.8, 4) is 17.2 Å². The largest absolute Gasteiger partial charge is 0.507 e. The van der Waals surface area contributed by atoms with Gasteiger partial charge in [0.1, 0.15) is 28.9 Å². The maximum Gasteiger partial charge on any atom is 0.174 e. The van der Waals surface area contributed by atoms with Gasteiger partial charge in [0.15, 0.2) is 5.78 Å². The van der Waals surface area contributed by atoms with Gasteiger partial charge in [-0.3, -0.25) is 4.79 Å². The first kappa shape index (κ1) is 18.8. The molecule has 0 aliphatic carbocycles. The lowest BCUT2D eigenvalue weighted by atomic mass is 9.95. The number of hydrogen-bond donors (Lipinski definition) is 1. The van der Waals surface area contributed by atoms with Gasteiger partial charge in [-0.05, 0) is 37.9 Å². The molecule has 5 heteroatoms. The van der Waals surface area contributed by atoms with Crippen LogP contribution in [0.15, 0.2) is 42.5 Å². The van der Waals surface area contributed by atoms with E-state index in [9.17, 15) is 9.90 Å². The van der Waals surface area contributed by atoms with E-state index in [4.69, 9.17) is 9.47 Å². The van der Waals surface area contributed by atoms with Crippen molar-refractivity contribution in [1.82, 2.24) is 4.90 Å². The summed E-state index contributed by atoms with van der Waals surface area (Å²) in [5, 5.41) is 10.3. The molecule has 0 amide bonds. The van der Waals surface area contributed by atoms with Crippen molar-refractivity contribution < 1.29 is 19.4 Å². The van der Waals surface area contributed by atoms with Crippen molar-refractivity contribution in [3.05, 3.63) is 53.6 Å². The lowest BCUT2D eigenvalue weighted by molar-refractivity contribution is 0.0844. The number of hydrogen-bond acceptors (Lipinski definition) is 5. The zero-order chi connectivity index (χ0) is 19.3. The monoisotopic (exact) mass is 381 g/mol.